The minimum Gasteiger partial charge on any atom is -0.363 e. The fourth-order valence-electron chi connectivity index (χ4n) is 2.12. The molecule has 1 aromatic rings. The van der Waals surface area contributed by atoms with Gasteiger partial charge in [0.15, 0.2) is 5.69 Å². The molecule has 1 aliphatic heterocycles. The lowest BCUT2D eigenvalue weighted by Gasteiger charge is -2.28. The highest BCUT2D eigenvalue weighted by Crippen LogP contribution is 2.31. The summed E-state index contributed by atoms with van der Waals surface area (Å²) < 4.78 is 39.1. The van der Waals surface area contributed by atoms with Crippen LogP contribution in [-0.2, 0) is 6.18 Å². The topological polar surface area (TPSA) is 32.3 Å². The predicted octanol–water partition coefficient (Wildman–Crippen LogP) is 2.89. The summed E-state index contributed by atoms with van der Waals surface area (Å²) in [6.07, 6.45) is -3.55. The van der Waals surface area contributed by atoms with Crippen LogP contribution in [-0.4, -0.2) is 48.2 Å². The fourth-order valence-corrected chi connectivity index (χ4v) is 3.15. The molecule has 4 nitrogen and oxygen atoms in total. The highest BCUT2D eigenvalue weighted by Gasteiger charge is 2.35. The molecule has 0 amide bonds. The fraction of sp³-hybridized carbons (Fsp3) is 0.692. The van der Waals surface area contributed by atoms with Crippen molar-refractivity contribution in [1.82, 2.24) is 9.97 Å². The zero-order valence-corrected chi connectivity index (χ0v) is 13.1. The molecule has 1 aliphatic rings. The molecule has 118 valence electrons. The van der Waals surface area contributed by atoms with Crippen molar-refractivity contribution in [3.05, 3.63) is 11.8 Å². The van der Waals surface area contributed by atoms with Crippen LogP contribution in [0.1, 0.15) is 19.0 Å². The van der Waals surface area contributed by atoms with Crippen LogP contribution in [0, 0.1) is 0 Å². The lowest BCUT2D eigenvalue weighted by atomic mass is 10.2. The van der Waals surface area contributed by atoms with Crippen molar-refractivity contribution in [1.29, 1.82) is 0 Å². The van der Waals surface area contributed by atoms with Gasteiger partial charge in [0.05, 0.1) is 0 Å². The Labute approximate surface area is 126 Å². The van der Waals surface area contributed by atoms with Crippen LogP contribution in [0.25, 0.3) is 0 Å². The Balaban J connectivity index is 2.43. The number of hydrogen-bond donors (Lipinski definition) is 0. The second-order valence-electron chi connectivity index (χ2n) is 5.25. The molecule has 21 heavy (non-hydrogen) atoms. The van der Waals surface area contributed by atoms with E-state index in [1.165, 1.54) is 0 Å². The molecule has 2 heterocycles. The second kappa shape index (κ2) is 6.29. The van der Waals surface area contributed by atoms with Crippen molar-refractivity contribution in [3.63, 3.8) is 0 Å². The number of halogens is 3. The zero-order chi connectivity index (χ0) is 15.6. The summed E-state index contributed by atoms with van der Waals surface area (Å²) in [4.78, 5) is 11.5. The van der Waals surface area contributed by atoms with Crippen molar-refractivity contribution in [2.45, 2.75) is 25.6 Å². The summed E-state index contributed by atoms with van der Waals surface area (Å²) in [6, 6.07) is 1.12. The molecule has 1 fully saturated rings. The van der Waals surface area contributed by atoms with Gasteiger partial charge in [0, 0.05) is 38.5 Å². The Morgan fingerprint density at radius 1 is 1.29 bits per heavy atom. The first kappa shape index (κ1) is 16.2. The summed E-state index contributed by atoms with van der Waals surface area (Å²) in [5.41, 5.74) is -0.889. The quantitative estimate of drug-likeness (QED) is 0.836. The van der Waals surface area contributed by atoms with E-state index in [0.717, 1.165) is 24.0 Å². The number of nitrogens with zero attached hydrogens (tertiary/aromatic N) is 4. The molecule has 2 rings (SSSR count). The first-order valence-corrected chi connectivity index (χ1v) is 7.92. The first-order valence-electron chi connectivity index (χ1n) is 6.77. The van der Waals surface area contributed by atoms with Crippen LogP contribution >= 0.6 is 11.8 Å². The van der Waals surface area contributed by atoms with Crippen molar-refractivity contribution in [2.24, 2.45) is 0 Å². The minimum atomic E-state index is -4.47. The van der Waals surface area contributed by atoms with E-state index < -0.39 is 11.9 Å². The maximum absolute atomic E-state index is 13.0. The van der Waals surface area contributed by atoms with Gasteiger partial charge >= 0.3 is 6.18 Å². The van der Waals surface area contributed by atoms with Crippen molar-refractivity contribution >= 4 is 23.5 Å². The van der Waals surface area contributed by atoms with Gasteiger partial charge in [-0.1, -0.05) is 0 Å². The van der Waals surface area contributed by atoms with Gasteiger partial charge in [-0.05, 0) is 19.1 Å². The monoisotopic (exact) mass is 320 g/mol. The highest BCUT2D eigenvalue weighted by atomic mass is 32.2. The van der Waals surface area contributed by atoms with E-state index in [0.29, 0.717) is 6.54 Å². The molecule has 0 spiro atoms. The second-order valence-corrected chi connectivity index (χ2v) is 6.47. The normalized spacial score (nSPS) is 20.3. The molecular formula is C13H19F3N4S. The van der Waals surface area contributed by atoms with Crippen molar-refractivity contribution in [2.75, 3.05) is 41.9 Å². The van der Waals surface area contributed by atoms with Gasteiger partial charge in [0.25, 0.3) is 0 Å². The van der Waals surface area contributed by atoms with Gasteiger partial charge in [0.1, 0.15) is 5.82 Å². The van der Waals surface area contributed by atoms with E-state index in [-0.39, 0.29) is 17.8 Å². The van der Waals surface area contributed by atoms with E-state index in [4.69, 9.17) is 0 Å². The summed E-state index contributed by atoms with van der Waals surface area (Å²) in [6.45, 7) is 2.67. The van der Waals surface area contributed by atoms with E-state index in [2.05, 4.69) is 9.97 Å². The van der Waals surface area contributed by atoms with E-state index in [1.54, 1.807) is 19.0 Å². The first-order chi connectivity index (χ1) is 9.79. The third-order valence-electron chi connectivity index (χ3n) is 3.39. The van der Waals surface area contributed by atoms with Crippen LogP contribution in [0.15, 0.2) is 6.07 Å². The molecule has 1 unspecified atom stereocenters. The smallest absolute Gasteiger partial charge is 0.363 e. The Morgan fingerprint density at radius 2 is 2.00 bits per heavy atom. The molecule has 0 aromatic carbocycles. The molecule has 8 heteroatoms. The van der Waals surface area contributed by atoms with Crippen LogP contribution in [0.5, 0.6) is 0 Å². The Hall–Kier alpha value is -1.18. The average molecular weight is 320 g/mol. The van der Waals surface area contributed by atoms with Crippen LogP contribution in [0.2, 0.25) is 0 Å². The van der Waals surface area contributed by atoms with E-state index in [9.17, 15) is 13.2 Å². The number of alkyl halides is 3. The Morgan fingerprint density at radius 3 is 2.62 bits per heavy atom. The molecule has 1 saturated heterocycles. The molecule has 0 bridgehead atoms. The maximum atomic E-state index is 13.0. The number of aromatic nitrogens is 2. The molecular weight excluding hydrogens is 301 g/mol. The lowest BCUT2D eigenvalue weighted by Crippen LogP contribution is -2.36. The third kappa shape index (κ3) is 3.93. The van der Waals surface area contributed by atoms with Crippen LogP contribution in [0.4, 0.5) is 24.9 Å². The number of hydrogen-bond acceptors (Lipinski definition) is 5. The zero-order valence-electron chi connectivity index (χ0n) is 12.3. The highest BCUT2D eigenvalue weighted by molar-refractivity contribution is 7.99. The molecule has 1 atom stereocenters. The third-order valence-corrected chi connectivity index (χ3v) is 4.39. The predicted molar refractivity (Wildman–Crippen MR) is 80.1 cm³/mol. The summed E-state index contributed by atoms with van der Waals surface area (Å²) >= 11 is 1.81. The summed E-state index contributed by atoms with van der Waals surface area (Å²) in [5, 5.41) is 0. The molecule has 0 saturated carbocycles. The molecule has 0 N–H and O–H groups in total. The average Bonchev–Trinajstić information content (AvgIpc) is 2.62. The summed E-state index contributed by atoms with van der Waals surface area (Å²) in [5.74, 6) is 2.33. The van der Waals surface area contributed by atoms with E-state index in [1.807, 2.05) is 23.6 Å². The van der Waals surface area contributed by atoms with Gasteiger partial charge < -0.3 is 9.80 Å². The molecule has 0 aliphatic carbocycles. The van der Waals surface area contributed by atoms with Gasteiger partial charge in [-0.2, -0.15) is 29.9 Å². The SMILES string of the molecule is CC1CCSCCN1c1nc(N(C)C)cc(C(F)(F)F)n1. The largest absolute Gasteiger partial charge is 0.433 e. The maximum Gasteiger partial charge on any atom is 0.433 e. The van der Waals surface area contributed by atoms with Crippen LogP contribution < -0.4 is 9.80 Å². The van der Waals surface area contributed by atoms with Gasteiger partial charge in [-0.25, -0.2) is 4.98 Å². The number of anilines is 2. The van der Waals surface area contributed by atoms with Gasteiger partial charge in [0.2, 0.25) is 5.95 Å². The lowest BCUT2D eigenvalue weighted by molar-refractivity contribution is -0.141. The Kier molecular flexibility index (Phi) is 4.85. The standard InChI is InChI=1S/C13H19F3N4S/c1-9-4-6-21-7-5-20(9)12-17-10(13(14,15)16)8-11(18-12)19(2)3/h8-9H,4-7H2,1-3H3. The van der Waals surface area contributed by atoms with E-state index >= 15 is 0 Å². The molecule has 1 aromatic heterocycles. The van der Waals surface area contributed by atoms with Crippen LogP contribution in [0.3, 0.4) is 0 Å². The van der Waals surface area contributed by atoms with Crippen molar-refractivity contribution < 1.29 is 13.2 Å². The Bertz CT molecular complexity index is 493. The van der Waals surface area contributed by atoms with Gasteiger partial charge in [-0.3, -0.25) is 0 Å². The number of thioether (sulfide) groups is 1. The van der Waals surface area contributed by atoms with Gasteiger partial charge in [-0.15, -0.1) is 0 Å². The minimum absolute atomic E-state index is 0.137. The number of rotatable bonds is 2. The summed E-state index contributed by atoms with van der Waals surface area (Å²) in [7, 11) is 3.35. The van der Waals surface area contributed by atoms with Crippen molar-refractivity contribution in [3.8, 4) is 0 Å². The molecule has 0 radical (unpaired) electrons.